The van der Waals surface area contributed by atoms with Crippen LogP contribution in [-0.4, -0.2) is 17.2 Å². The molecule has 0 saturated carbocycles. The van der Waals surface area contributed by atoms with Crippen molar-refractivity contribution in [3.05, 3.63) is 35.9 Å². The molecule has 0 aliphatic carbocycles. The minimum absolute atomic E-state index is 0.524. The molecule has 0 saturated heterocycles. The van der Waals surface area contributed by atoms with E-state index >= 15 is 0 Å². The quantitative estimate of drug-likeness (QED) is 0.481. The largest absolute Gasteiger partial charge is 0.320 e. The minimum atomic E-state index is -0.653. The topological polar surface area (TPSA) is 75.4 Å². The standard InChI is InChI=1S/C10H14N2O2/c11-9(10(13)12-14)7-6-8-4-2-1-3-5-8/h1-5,9,14H,6-7,11H2,(H,12,13)/t9-/m1/s1. The van der Waals surface area contributed by atoms with Crippen LogP contribution >= 0.6 is 0 Å². The summed E-state index contributed by atoms with van der Waals surface area (Å²) in [5, 5.41) is 8.32. The molecule has 0 aliphatic rings. The van der Waals surface area contributed by atoms with E-state index in [0.29, 0.717) is 6.42 Å². The van der Waals surface area contributed by atoms with Crippen LogP contribution < -0.4 is 11.2 Å². The van der Waals surface area contributed by atoms with Crippen molar-refractivity contribution in [2.45, 2.75) is 18.9 Å². The molecule has 0 fully saturated rings. The molecule has 1 amide bonds. The maximum Gasteiger partial charge on any atom is 0.260 e. The molecule has 0 heterocycles. The average Bonchev–Trinajstić information content (AvgIpc) is 2.26. The number of benzene rings is 1. The van der Waals surface area contributed by atoms with Crippen molar-refractivity contribution >= 4 is 5.91 Å². The molecule has 4 nitrogen and oxygen atoms in total. The first-order valence-corrected chi connectivity index (χ1v) is 4.47. The molecule has 76 valence electrons. The zero-order valence-electron chi connectivity index (χ0n) is 7.81. The highest BCUT2D eigenvalue weighted by atomic mass is 16.5. The number of amides is 1. The van der Waals surface area contributed by atoms with Gasteiger partial charge in [-0.3, -0.25) is 10.0 Å². The molecule has 1 aromatic carbocycles. The van der Waals surface area contributed by atoms with E-state index in [1.165, 1.54) is 5.48 Å². The molecular weight excluding hydrogens is 180 g/mol. The van der Waals surface area contributed by atoms with Crippen LogP contribution in [0.5, 0.6) is 0 Å². The maximum absolute atomic E-state index is 10.8. The minimum Gasteiger partial charge on any atom is -0.320 e. The van der Waals surface area contributed by atoms with Gasteiger partial charge in [-0.1, -0.05) is 30.3 Å². The van der Waals surface area contributed by atoms with E-state index in [2.05, 4.69) is 0 Å². The molecule has 1 rings (SSSR count). The number of nitrogens with two attached hydrogens (primary N) is 1. The Morgan fingerprint density at radius 3 is 2.64 bits per heavy atom. The second-order valence-electron chi connectivity index (χ2n) is 3.11. The molecule has 4 N–H and O–H groups in total. The first kappa shape index (κ1) is 10.7. The van der Waals surface area contributed by atoms with E-state index in [-0.39, 0.29) is 0 Å². The van der Waals surface area contributed by atoms with Crippen molar-refractivity contribution in [2.75, 3.05) is 0 Å². The van der Waals surface area contributed by atoms with Crippen LogP contribution in [0, 0.1) is 0 Å². The number of carbonyl (C=O) groups is 1. The third kappa shape index (κ3) is 3.16. The molecule has 0 spiro atoms. The van der Waals surface area contributed by atoms with Crippen LogP contribution in [0.1, 0.15) is 12.0 Å². The lowest BCUT2D eigenvalue weighted by molar-refractivity contribution is -0.130. The summed E-state index contributed by atoms with van der Waals surface area (Å²) in [6.45, 7) is 0. The van der Waals surface area contributed by atoms with Gasteiger partial charge in [0, 0.05) is 0 Å². The normalized spacial score (nSPS) is 12.1. The summed E-state index contributed by atoms with van der Waals surface area (Å²) < 4.78 is 0. The Labute approximate surface area is 82.7 Å². The van der Waals surface area contributed by atoms with E-state index in [4.69, 9.17) is 10.9 Å². The zero-order valence-corrected chi connectivity index (χ0v) is 7.81. The Morgan fingerprint density at radius 2 is 2.07 bits per heavy atom. The first-order valence-electron chi connectivity index (χ1n) is 4.47. The van der Waals surface area contributed by atoms with Crippen LogP contribution in [0.4, 0.5) is 0 Å². The second-order valence-corrected chi connectivity index (χ2v) is 3.11. The lowest BCUT2D eigenvalue weighted by Crippen LogP contribution is -2.39. The molecule has 1 aromatic rings. The number of hydrogen-bond acceptors (Lipinski definition) is 3. The molecule has 0 aromatic heterocycles. The van der Waals surface area contributed by atoms with Gasteiger partial charge in [-0.2, -0.15) is 0 Å². The smallest absolute Gasteiger partial charge is 0.260 e. The van der Waals surface area contributed by atoms with Crippen LogP contribution in [-0.2, 0) is 11.2 Å². The van der Waals surface area contributed by atoms with E-state index in [9.17, 15) is 4.79 Å². The van der Waals surface area contributed by atoms with E-state index in [1.54, 1.807) is 0 Å². The molecule has 0 bridgehead atoms. The van der Waals surface area contributed by atoms with Gasteiger partial charge in [-0.25, -0.2) is 5.48 Å². The van der Waals surface area contributed by atoms with Crippen molar-refractivity contribution in [2.24, 2.45) is 5.73 Å². The highest BCUT2D eigenvalue weighted by Gasteiger charge is 2.11. The summed E-state index contributed by atoms with van der Waals surface area (Å²) in [6, 6.07) is 9.11. The third-order valence-corrected chi connectivity index (χ3v) is 2.03. The molecule has 4 heteroatoms. The Bertz CT molecular complexity index is 287. The van der Waals surface area contributed by atoms with Crippen molar-refractivity contribution in [3.8, 4) is 0 Å². The van der Waals surface area contributed by atoms with Crippen LogP contribution in [0.15, 0.2) is 30.3 Å². The third-order valence-electron chi connectivity index (χ3n) is 2.03. The van der Waals surface area contributed by atoms with Crippen molar-refractivity contribution in [1.29, 1.82) is 0 Å². The molecule has 1 atom stereocenters. The summed E-state index contributed by atoms with van der Waals surface area (Å²) >= 11 is 0. The summed E-state index contributed by atoms with van der Waals surface area (Å²) in [4.78, 5) is 10.8. The van der Waals surface area contributed by atoms with Crippen LogP contribution in [0.2, 0.25) is 0 Å². The fourth-order valence-electron chi connectivity index (χ4n) is 1.18. The molecule has 0 radical (unpaired) electrons. The fourth-order valence-corrected chi connectivity index (χ4v) is 1.18. The van der Waals surface area contributed by atoms with Gasteiger partial charge >= 0.3 is 0 Å². The van der Waals surface area contributed by atoms with Crippen molar-refractivity contribution in [3.63, 3.8) is 0 Å². The molecule has 0 unspecified atom stereocenters. The summed E-state index contributed by atoms with van der Waals surface area (Å²) in [6.07, 6.45) is 1.26. The maximum atomic E-state index is 10.8. The van der Waals surface area contributed by atoms with Gasteiger partial charge in [0.1, 0.15) is 0 Å². The predicted molar refractivity (Wildman–Crippen MR) is 52.7 cm³/mol. The van der Waals surface area contributed by atoms with Gasteiger partial charge in [0.15, 0.2) is 0 Å². The summed E-state index contributed by atoms with van der Waals surface area (Å²) in [7, 11) is 0. The SMILES string of the molecule is N[C@H](CCc1ccccc1)C(=O)NO. The lowest BCUT2D eigenvalue weighted by Gasteiger charge is -2.08. The molecular formula is C10H14N2O2. The number of hydroxylamine groups is 1. The Kier molecular flexibility index (Phi) is 4.10. The first-order chi connectivity index (χ1) is 6.74. The molecule has 14 heavy (non-hydrogen) atoms. The van der Waals surface area contributed by atoms with Gasteiger partial charge in [0.05, 0.1) is 6.04 Å². The van der Waals surface area contributed by atoms with Crippen molar-refractivity contribution in [1.82, 2.24) is 5.48 Å². The van der Waals surface area contributed by atoms with E-state index in [1.807, 2.05) is 30.3 Å². The van der Waals surface area contributed by atoms with Gasteiger partial charge < -0.3 is 5.73 Å². The van der Waals surface area contributed by atoms with Gasteiger partial charge in [-0.15, -0.1) is 0 Å². The monoisotopic (exact) mass is 194 g/mol. The summed E-state index contributed by atoms with van der Waals surface area (Å²) in [5.41, 5.74) is 8.17. The predicted octanol–water partition coefficient (Wildman–Crippen LogP) is 0.452. The lowest BCUT2D eigenvalue weighted by atomic mass is 10.1. The number of aryl methyl sites for hydroxylation is 1. The van der Waals surface area contributed by atoms with E-state index < -0.39 is 11.9 Å². The van der Waals surface area contributed by atoms with Crippen molar-refractivity contribution < 1.29 is 10.0 Å². The van der Waals surface area contributed by atoms with Gasteiger partial charge in [0.2, 0.25) is 0 Å². The Hall–Kier alpha value is -1.39. The van der Waals surface area contributed by atoms with Gasteiger partial charge in [0.25, 0.3) is 5.91 Å². The number of carbonyl (C=O) groups excluding carboxylic acids is 1. The van der Waals surface area contributed by atoms with Crippen LogP contribution in [0.25, 0.3) is 0 Å². The summed E-state index contributed by atoms with van der Waals surface area (Å²) in [5.74, 6) is -0.541. The van der Waals surface area contributed by atoms with E-state index in [0.717, 1.165) is 12.0 Å². The molecule has 0 aliphatic heterocycles. The second kappa shape index (κ2) is 5.36. The number of nitrogens with one attached hydrogen (secondary N) is 1. The Morgan fingerprint density at radius 1 is 1.43 bits per heavy atom. The fraction of sp³-hybridized carbons (Fsp3) is 0.300. The Balaban J connectivity index is 2.38. The average molecular weight is 194 g/mol. The zero-order chi connectivity index (χ0) is 10.4. The van der Waals surface area contributed by atoms with Gasteiger partial charge in [-0.05, 0) is 18.4 Å². The van der Waals surface area contributed by atoms with Crippen LogP contribution in [0.3, 0.4) is 0 Å². The number of hydrogen-bond donors (Lipinski definition) is 3. The number of rotatable bonds is 4. The highest BCUT2D eigenvalue weighted by Crippen LogP contribution is 2.03. The highest BCUT2D eigenvalue weighted by molar-refractivity contribution is 5.80.